The van der Waals surface area contributed by atoms with Crippen molar-refractivity contribution in [1.82, 2.24) is 24.1 Å². The Balaban J connectivity index is 1.60. The zero-order chi connectivity index (χ0) is 20.5. The molecule has 0 radical (unpaired) electrons. The summed E-state index contributed by atoms with van der Waals surface area (Å²) < 4.78 is 6.39. The average Bonchev–Trinajstić information content (AvgIpc) is 3.38. The Bertz CT molecular complexity index is 1310. The van der Waals surface area contributed by atoms with Crippen LogP contribution in [0.1, 0.15) is 11.1 Å². The number of aromatic nitrogens is 5. The number of pyridine rings is 1. The van der Waals surface area contributed by atoms with Crippen LogP contribution in [0, 0.1) is 0 Å². The van der Waals surface area contributed by atoms with E-state index in [1.165, 1.54) is 5.56 Å². The molecule has 0 bridgehead atoms. The lowest BCUT2D eigenvalue weighted by Crippen LogP contribution is -2.03. The molecule has 0 unspecified atom stereocenters. The summed E-state index contributed by atoms with van der Waals surface area (Å²) in [5.41, 5.74) is 5.36. The number of benzene rings is 2. The van der Waals surface area contributed by atoms with Gasteiger partial charge in [0.05, 0.1) is 23.9 Å². The zero-order valence-electron chi connectivity index (χ0n) is 15.9. The second-order valence-electron chi connectivity index (χ2n) is 7.10. The lowest BCUT2D eigenvalue weighted by molar-refractivity contribution is 0.792. The maximum absolute atomic E-state index is 4.95. The molecule has 2 aromatic carbocycles. The van der Waals surface area contributed by atoms with E-state index < -0.39 is 0 Å². The Morgan fingerprint density at radius 2 is 1.63 bits per heavy atom. The van der Waals surface area contributed by atoms with E-state index in [9.17, 15) is 0 Å². The lowest BCUT2D eigenvalue weighted by atomic mass is 10.1. The molecular weight excluding hydrogens is 506 g/mol. The van der Waals surface area contributed by atoms with E-state index in [4.69, 9.17) is 4.98 Å². The predicted octanol–water partition coefficient (Wildman–Crippen LogP) is 5.92. The second-order valence-corrected chi connectivity index (χ2v) is 8.93. The van der Waals surface area contributed by atoms with E-state index in [-0.39, 0.29) is 0 Å². The molecule has 0 saturated heterocycles. The normalized spacial score (nSPS) is 11.3. The molecule has 5 nitrogen and oxygen atoms in total. The molecule has 3 heterocycles. The largest absolute Gasteiger partial charge is 0.333 e. The van der Waals surface area contributed by atoms with Crippen molar-refractivity contribution in [1.29, 1.82) is 0 Å². The minimum absolute atomic E-state index is 0.722. The van der Waals surface area contributed by atoms with Gasteiger partial charge in [-0.2, -0.15) is 0 Å². The average molecular weight is 523 g/mol. The number of hydrogen-bond acceptors (Lipinski definition) is 3. The van der Waals surface area contributed by atoms with Gasteiger partial charge in [0.2, 0.25) is 0 Å². The van der Waals surface area contributed by atoms with Gasteiger partial charge in [0.1, 0.15) is 5.82 Å². The maximum atomic E-state index is 4.95. The van der Waals surface area contributed by atoms with Crippen LogP contribution in [0.4, 0.5) is 0 Å². The Morgan fingerprint density at radius 1 is 0.800 bits per heavy atom. The predicted molar refractivity (Wildman–Crippen MR) is 125 cm³/mol. The van der Waals surface area contributed by atoms with Crippen molar-refractivity contribution in [2.24, 2.45) is 0 Å². The van der Waals surface area contributed by atoms with Crippen LogP contribution in [0.2, 0.25) is 0 Å². The molecule has 0 fully saturated rings. The monoisotopic (exact) mass is 521 g/mol. The van der Waals surface area contributed by atoms with Crippen molar-refractivity contribution in [2.45, 2.75) is 13.1 Å². The highest BCUT2D eigenvalue weighted by Gasteiger charge is 2.14. The van der Waals surface area contributed by atoms with E-state index >= 15 is 0 Å². The van der Waals surface area contributed by atoms with E-state index in [0.717, 1.165) is 50.0 Å². The van der Waals surface area contributed by atoms with E-state index in [1.54, 1.807) is 6.20 Å². The summed E-state index contributed by atoms with van der Waals surface area (Å²) in [5.74, 6) is 0.908. The highest BCUT2D eigenvalue weighted by atomic mass is 79.9. The Morgan fingerprint density at radius 3 is 2.43 bits per heavy atom. The summed E-state index contributed by atoms with van der Waals surface area (Å²) >= 11 is 7.12. The van der Waals surface area contributed by atoms with Crippen LogP contribution in [0.25, 0.3) is 22.4 Å². The molecule has 148 valence electrons. The molecule has 0 atom stereocenters. The molecule has 3 aromatic heterocycles. The fourth-order valence-electron chi connectivity index (χ4n) is 3.54. The summed E-state index contributed by atoms with van der Waals surface area (Å²) in [4.78, 5) is 13.6. The molecule has 5 rings (SSSR count). The van der Waals surface area contributed by atoms with Crippen molar-refractivity contribution in [3.05, 3.63) is 99.7 Å². The Kier molecular flexibility index (Phi) is 5.23. The highest BCUT2D eigenvalue weighted by molar-refractivity contribution is 9.10. The first-order valence-electron chi connectivity index (χ1n) is 9.46. The van der Waals surface area contributed by atoms with E-state index in [2.05, 4.69) is 82.8 Å². The van der Waals surface area contributed by atoms with Crippen LogP contribution in [0.5, 0.6) is 0 Å². The second kappa shape index (κ2) is 8.16. The van der Waals surface area contributed by atoms with Crippen molar-refractivity contribution in [3.63, 3.8) is 0 Å². The quantitative estimate of drug-likeness (QED) is 0.288. The third-order valence-corrected chi connectivity index (χ3v) is 5.96. The van der Waals surface area contributed by atoms with Gasteiger partial charge >= 0.3 is 0 Å². The van der Waals surface area contributed by atoms with E-state index in [1.807, 2.05) is 41.6 Å². The molecule has 0 amide bonds. The number of nitrogens with zero attached hydrogens (tertiary/aromatic N) is 5. The summed E-state index contributed by atoms with van der Waals surface area (Å²) in [6.45, 7) is 1.45. The summed E-state index contributed by atoms with van der Waals surface area (Å²) in [7, 11) is 0. The van der Waals surface area contributed by atoms with Gasteiger partial charge in [-0.3, -0.25) is 4.98 Å². The SMILES string of the molecule is Brc1ccc(Cn2c(-c3cncc(Cn4ccnc4)c3)nc3ccc(Br)cc32)cc1. The minimum atomic E-state index is 0.722. The van der Waals surface area contributed by atoms with Gasteiger partial charge in [-0.05, 0) is 47.5 Å². The Hall–Kier alpha value is -2.77. The number of rotatable bonds is 5. The first-order valence-corrected chi connectivity index (χ1v) is 11.0. The molecule has 0 aliphatic heterocycles. The van der Waals surface area contributed by atoms with Gasteiger partial charge in [-0.1, -0.05) is 44.0 Å². The van der Waals surface area contributed by atoms with Crippen molar-refractivity contribution in [2.75, 3.05) is 0 Å². The number of halogens is 2. The third kappa shape index (κ3) is 3.95. The Labute approximate surface area is 190 Å². The van der Waals surface area contributed by atoms with Crippen LogP contribution >= 0.6 is 31.9 Å². The van der Waals surface area contributed by atoms with Crippen LogP contribution in [-0.4, -0.2) is 24.1 Å². The molecule has 0 aliphatic rings. The molecule has 5 aromatic rings. The summed E-state index contributed by atoms with van der Waals surface area (Å²) in [6.07, 6.45) is 9.32. The maximum Gasteiger partial charge on any atom is 0.143 e. The molecular formula is C23H17Br2N5. The standard InChI is InChI=1S/C23H17Br2N5/c24-19-3-1-16(2-4-19)14-30-22-10-20(25)5-6-21(22)28-23(30)18-9-17(11-27-12-18)13-29-8-7-26-15-29/h1-12,15H,13-14H2. The molecule has 0 aliphatic carbocycles. The first kappa shape index (κ1) is 19.2. The molecule has 0 N–H and O–H groups in total. The third-order valence-electron chi connectivity index (χ3n) is 4.94. The van der Waals surface area contributed by atoms with Crippen LogP contribution < -0.4 is 0 Å². The summed E-state index contributed by atoms with van der Waals surface area (Å²) in [5, 5.41) is 0. The van der Waals surface area contributed by atoms with Crippen LogP contribution in [0.3, 0.4) is 0 Å². The van der Waals surface area contributed by atoms with Gasteiger partial charge < -0.3 is 9.13 Å². The first-order chi connectivity index (χ1) is 14.7. The zero-order valence-corrected chi connectivity index (χ0v) is 19.1. The van der Waals surface area contributed by atoms with Crippen LogP contribution in [0.15, 0.2) is 88.6 Å². The number of hydrogen-bond donors (Lipinski definition) is 0. The van der Waals surface area contributed by atoms with Gasteiger partial charge in [0, 0.05) is 45.8 Å². The minimum Gasteiger partial charge on any atom is -0.333 e. The number of imidazole rings is 2. The van der Waals surface area contributed by atoms with Gasteiger partial charge in [-0.15, -0.1) is 0 Å². The van der Waals surface area contributed by atoms with Crippen molar-refractivity contribution >= 4 is 42.9 Å². The molecule has 7 heteroatoms. The lowest BCUT2D eigenvalue weighted by Gasteiger charge is -2.11. The molecule has 0 saturated carbocycles. The molecule has 30 heavy (non-hydrogen) atoms. The van der Waals surface area contributed by atoms with Crippen molar-refractivity contribution < 1.29 is 0 Å². The van der Waals surface area contributed by atoms with Gasteiger partial charge in [-0.25, -0.2) is 9.97 Å². The van der Waals surface area contributed by atoms with Crippen LogP contribution in [-0.2, 0) is 13.1 Å². The highest BCUT2D eigenvalue weighted by Crippen LogP contribution is 2.28. The fraction of sp³-hybridized carbons (Fsp3) is 0.0870. The molecule has 0 spiro atoms. The smallest absolute Gasteiger partial charge is 0.143 e. The summed E-state index contributed by atoms with van der Waals surface area (Å²) in [6, 6.07) is 16.7. The van der Waals surface area contributed by atoms with Crippen molar-refractivity contribution in [3.8, 4) is 11.4 Å². The van der Waals surface area contributed by atoms with Gasteiger partial charge in [0.15, 0.2) is 0 Å². The van der Waals surface area contributed by atoms with Gasteiger partial charge in [0.25, 0.3) is 0 Å². The number of fused-ring (bicyclic) bond motifs is 1. The topological polar surface area (TPSA) is 48.5 Å². The van der Waals surface area contributed by atoms with E-state index in [0.29, 0.717) is 0 Å². The fourth-order valence-corrected chi connectivity index (χ4v) is 4.15.